The van der Waals surface area contributed by atoms with E-state index in [0.717, 1.165) is 0 Å². The Balaban J connectivity index is 2.91. The van der Waals surface area contributed by atoms with Crippen molar-refractivity contribution in [3.05, 3.63) is 29.6 Å². The second-order valence-electron chi connectivity index (χ2n) is 5.61. The van der Waals surface area contributed by atoms with Crippen molar-refractivity contribution in [2.24, 2.45) is 5.92 Å². The van der Waals surface area contributed by atoms with E-state index < -0.39 is 17.4 Å². The number of pyridine rings is 1. The summed E-state index contributed by atoms with van der Waals surface area (Å²) in [4.78, 5) is 38.5. The Hall–Kier alpha value is -2.44. The number of amides is 2. The van der Waals surface area contributed by atoms with Crippen molar-refractivity contribution in [1.29, 1.82) is 0 Å². The van der Waals surface area contributed by atoms with E-state index in [0.29, 0.717) is 0 Å². The van der Waals surface area contributed by atoms with Crippen LogP contribution in [0.2, 0.25) is 0 Å². The molecular weight excluding hydrogens is 286 g/mol. The molecule has 0 bridgehead atoms. The van der Waals surface area contributed by atoms with Crippen molar-refractivity contribution in [2.75, 3.05) is 7.05 Å². The first-order chi connectivity index (χ1) is 10.2. The molecule has 120 valence electrons. The number of carboxylic acids is 1. The molecule has 0 aromatic carbocycles. The number of hydrogen-bond acceptors (Lipinski definition) is 4. The van der Waals surface area contributed by atoms with Gasteiger partial charge in [0.25, 0.3) is 11.8 Å². The molecule has 1 unspecified atom stereocenters. The van der Waals surface area contributed by atoms with Gasteiger partial charge in [-0.3, -0.25) is 19.4 Å². The molecule has 0 saturated carbocycles. The van der Waals surface area contributed by atoms with Crippen LogP contribution in [-0.2, 0) is 4.79 Å². The van der Waals surface area contributed by atoms with Gasteiger partial charge in [-0.25, -0.2) is 0 Å². The van der Waals surface area contributed by atoms with Crippen molar-refractivity contribution in [1.82, 2.24) is 15.6 Å². The minimum Gasteiger partial charge on any atom is -0.481 e. The molecule has 0 aliphatic carbocycles. The lowest BCUT2D eigenvalue weighted by Crippen LogP contribution is -2.51. The largest absolute Gasteiger partial charge is 0.481 e. The van der Waals surface area contributed by atoms with Crippen LogP contribution in [0.25, 0.3) is 0 Å². The lowest BCUT2D eigenvalue weighted by Gasteiger charge is -2.33. The lowest BCUT2D eigenvalue weighted by molar-refractivity contribution is -0.138. The van der Waals surface area contributed by atoms with E-state index in [2.05, 4.69) is 15.6 Å². The molecule has 1 atom stereocenters. The molecule has 0 saturated heterocycles. The van der Waals surface area contributed by atoms with Crippen LogP contribution in [0.1, 0.15) is 48.0 Å². The molecule has 0 fully saturated rings. The minimum absolute atomic E-state index is 0.0642. The third-order valence-corrected chi connectivity index (χ3v) is 3.68. The van der Waals surface area contributed by atoms with Gasteiger partial charge in [0.15, 0.2) is 0 Å². The van der Waals surface area contributed by atoms with E-state index in [1.807, 2.05) is 13.8 Å². The molecule has 1 aromatic rings. The first kappa shape index (κ1) is 17.6. The van der Waals surface area contributed by atoms with Crippen molar-refractivity contribution in [3.8, 4) is 0 Å². The van der Waals surface area contributed by atoms with Crippen LogP contribution in [0, 0.1) is 5.92 Å². The number of carbonyl (C=O) groups excluding carboxylic acids is 2. The zero-order valence-electron chi connectivity index (χ0n) is 13.1. The number of carboxylic acid groups (broad SMARTS) is 1. The average molecular weight is 307 g/mol. The Morgan fingerprint density at radius 1 is 1.27 bits per heavy atom. The number of aromatic nitrogens is 1. The summed E-state index contributed by atoms with van der Waals surface area (Å²) in [5.41, 5.74) is -0.399. The van der Waals surface area contributed by atoms with Crippen LogP contribution in [-0.4, -0.2) is 40.5 Å². The van der Waals surface area contributed by atoms with E-state index >= 15 is 0 Å². The summed E-state index contributed by atoms with van der Waals surface area (Å²) in [6.07, 6.45) is 1.11. The topological polar surface area (TPSA) is 108 Å². The summed E-state index contributed by atoms with van der Waals surface area (Å²) in [6, 6.07) is 2.92. The van der Waals surface area contributed by atoms with Gasteiger partial charge >= 0.3 is 5.97 Å². The lowest BCUT2D eigenvalue weighted by atomic mass is 9.85. The maximum atomic E-state index is 12.3. The van der Waals surface area contributed by atoms with E-state index in [4.69, 9.17) is 5.11 Å². The molecule has 0 aliphatic rings. The van der Waals surface area contributed by atoms with Gasteiger partial charge in [-0.1, -0.05) is 13.8 Å². The molecule has 1 rings (SSSR count). The van der Waals surface area contributed by atoms with Crippen molar-refractivity contribution < 1.29 is 19.5 Å². The Kier molecular flexibility index (Phi) is 5.62. The highest BCUT2D eigenvalue weighted by molar-refractivity contribution is 5.96. The maximum absolute atomic E-state index is 12.3. The van der Waals surface area contributed by atoms with Gasteiger partial charge in [-0.15, -0.1) is 0 Å². The average Bonchev–Trinajstić information content (AvgIpc) is 2.45. The van der Waals surface area contributed by atoms with E-state index in [1.54, 1.807) is 6.92 Å². The van der Waals surface area contributed by atoms with Crippen molar-refractivity contribution in [2.45, 2.75) is 32.7 Å². The standard InChI is InChI=1S/C15H21N3O4/c1-9(2)15(3,7-12(19)20)18-13(21)10-5-6-11(17-8-10)14(22)16-4/h5-6,8-9H,7H2,1-4H3,(H,16,22)(H,18,21)(H,19,20). The molecular formula is C15H21N3O4. The van der Waals surface area contributed by atoms with E-state index in [-0.39, 0.29) is 29.5 Å². The molecule has 0 aliphatic heterocycles. The van der Waals surface area contributed by atoms with Crippen molar-refractivity contribution >= 4 is 17.8 Å². The second-order valence-corrected chi connectivity index (χ2v) is 5.61. The Bertz CT molecular complexity index is 569. The molecule has 7 heteroatoms. The van der Waals surface area contributed by atoms with Gasteiger partial charge in [-0.05, 0) is 25.0 Å². The summed E-state index contributed by atoms with van der Waals surface area (Å²) in [5.74, 6) is -1.81. The number of hydrogen-bond donors (Lipinski definition) is 3. The molecule has 1 heterocycles. The summed E-state index contributed by atoms with van der Waals surface area (Å²) in [6.45, 7) is 5.38. The Morgan fingerprint density at radius 2 is 1.91 bits per heavy atom. The van der Waals surface area contributed by atoms with Crippen LogP contribution in [0.3, 0.4) is 0 Å². The van der Waals surface area contributed by atoms with Crippen LogP contribution in [0.15, 0.2) is 18.3 Å². The highest BCUT2D eigenvalue weighted by Crippen LogP contribution is 2.21. The third-order valence-electron chi connectivity index (χ3n) is 3.68. The number of nitrogens with one attached hydrogen (secondary N) is 2. The molecule has 22 heavy (non-hydrogen) atoms. The summed E-state index contributed by atoms with van der Waals surface area (Å²) in [7, 11) is 1.49. The fourth-order valence-electron chi connectivity index (χ4n) is 1.83. The van der Waals surface area contributed by atoms with E-state index in [9.17, 15) is 14.4 Å². The smallest absolute Gasteiger partial charge is 0.305 e. The molecule has 0 spiro atoms. The predicted octanol–water partition coefficient (Wildman–Crippen LogP) is 1.06. The number of rotatable bonds is 6. The van der Waals surface area contributed by atoms with Crippen molar-refractivity contribution in [3.63, 3.8) is 0 Å². The summed E-state index contributed by atoms with van der Waals surface area (Å²) < 4.78 is 0. The highest BCUT2D eigenvalue weighted by atomic mass is 16.4. The molecule has 1 aromatic heterocycles. The number of carbonyl (C=O) groups is 3. The zero-order valence-corrected chi connectivity index (χ0v) is 13.1. The summed E-state index contributed by atoms with van der Waals surface area (Å²) in [5, 5.41) is 14.2. The van der Waals surface area contributed by atoms with Crippen LogP contribution in [0.5, 0.6) is 0 Å². The van der Waals surface area contributed by atoms with Gasteiger partial charge < -0.3 is 15.7 Å². The quantitative estimate of drug-likeness (QED) is 0.728. The number of nitrogens with zero attached hydrogens (tertiary/aromatic N) is 1. The predicted molar refractivity (Wildman–Crippen MR) is 80.6 cm³/mol. The SMILES string of the molecule is CNC(=O)c1ccc(C(=O)NC(C)(CC(=O)O)C(C)C)cn1. The monoisotopic (exact) mass is 307 g/mol. The van der Waals surface area contributed by atoms with Gasteiger partial charge in [0.1, 0.15) is 5.69 Å². The van der Waals surface area contributed by atoms with Gasteiger partial charge in [-0.2, -0.15) is 0 Å². The fraction of sp³-hybridized carbons (Fsp3) is 0.467. The fourth-order valence-corrected chi connectivity index (χ4v) is 1.83. The Labute approximate surface area is 129 Å². The minimum atomic E-state index is -0.982. The molecule has 0 radical (unpaired) electrons. The first-order valence-corrected chi connectivity index (χ1v) is 6.92. The van der Waals surface area contributed by atoms with E-state index in [1.165, 1.54) is 25.4 Å². The highest BCUT2D eigenvalue weighted by Gasteiger charge is 2.33. The maximum Gasteiger partial charge on any atom is 0.305 e. The first-order valence-electron chi connectivity index (χ1n) is 6.92. The number of aliphatic carboxylic acids is 1. The zero-order chi connectivity index (χ0) is 16.9. The normalized spacial score (nSPS) is 13.3. The van der Waals surface area contributed by atoms with Crippen LogP contribution >= 0.6 is 0 Å². The molecule has 3 N–H and O–H groups in total. The second kappa shape index (κ2) is 7.02. The van der Waals surface area contributed by atoms with Crippen LogP contribution < -0.4 is 10.6 Å². The van der Waals surface area contributed by atoms with Gasteiger partial charge in [0.2, 0.25) is 0 Å². The Morgan fingerprint density at radius 3 is 2.32 bits per heavy atom. The van der Waals surface area contributed by atoms with Crippen LogP contribution in [0.4, 0.5) is 0 Å². The molecule has 2 amide bonds. The van der Waals surface area contributed by atoms with Gasteiger partial charge in [0.05, 0.1) is 17.5 Å². The third kappa shape index (κ3) is 4.28. The molecule has 7 nitrogen and oxygen atoms in total. The van der Waals surface area contributed by atoms with Gasteiger partial charge in [0, 0.05) is 13.2 Å². The summed E-state index contributed by atoms with van der Waals surface area (Å²) >= 11 is 0.